The van der Waals surface area contributed by atoms with Crippen molar-refractivity contribution in [1.82, 2.24) is 44.5 Å². The van der Waals surface area contributed by atoms with Gasteiger partial charge in [-0.1, -0.05) is 0 Å². The molecule has 11 nitrogen and oxygen atoms in total. The van der Waals surface area contributed by atoms with Gasteiger partial charge in [-0.2, -0.15) is 23.5 Å². The molecule has 2 fully saturated rings. The zero-order valence-electron chi connectivity index (χ0n) is 21.5. The van der Waals surface area contributed by atoms with Crippen molar-refractivity contribution in [3.05, 3.63) is 54.8 Å². The van der Waals surface area contributed by atoms with Crippen LogP contribution in [0.1, 0.15) is 36.9 Å². The summed E-state index contributed by atoms with van der Waals surface area (Å²) in [5, 5.41) is 15.0. The molecule has 1 atom stereocenters. The van der Waals surface area contributed by atoms with Crippen molar-refractivity contribution >= 4 is 16.9 Å². The van der Waals surface area contributed by atoms with Gasteiger partial charge in [0, 0.05) is 63.1 Å². The number of nitriles is 1. The van der Waals surface area contributed by atoms with Crippen LogP contribution >= 0.6 is 0 Å². The number of aromatic amines is 1. The van der Waals surface area contributed by atoms with E-state index in [1.54, 1.807) is 17.1 Å². The molecule has 1 saturated carbocycles. The van der Waals surface area contributed by atoms with Gasteiger partial charge < -0.3 is 9.88 Å². The van der Waals surface area contributed by atoms with Gasteiger partial charge in [0.1, 0.15) is 17.7 Å². The van der Waals surface area contributed by atoms with Gasteiger partial charge in [0.15, 0.2) is 0 Å². The summed E-state index contributed by atoms with van der Waals surface area (Å²) in [4.78, 5) is 34.8. The fourth-order valence-electron chi connectivity index (χ4n) is 5.36. The molecule has 0 spiro atoms. The fourth-order valence-corrected chi connectivity index (χ4v) is 5.36. The summed E-state index contributed by atoms with van der Waals surface area (Å²) in [6.07, 6.45) is 2.94. The zero-order valence-corrected chi connectivity index (χ0v) is 20.5. The first-order valence-electron chi connectivity index (χ1n) is 12.9. The number of H-pyrrole nitrogens is 1. The number of nitrogens with one attached hydrogen (secondary N) is 1. The molecule has 4 aromatic rings. The minimum atomic E-state index is -4.73. The predicted octanol–water partition coefficient (Wildman–Crippen LogP) is 2.86. The standard InChI is InChI=1S/C25H23F3N10O/c26-25(27,28)23-31-6-2-19(35-23)22(39)37-9-7-36(8-10-37)17-11-24(12-17,3-4-29)38-14-16(13-34-38)20-18-1-5-30-21(18)33-15-32-20/h1-2,5-6,13-15,17H,3,7-12H2,(H,30,32,33)/i3D. The third kappa shape index (κ3) is 4.48. The van der Waals surface area contributed by atoms with E-state index in [0.29, 0.717) is 50.4 Å². The van der Waals surface area contributed by atoms with Crippen molar-refractivity contribution in [1.29, 1.82) is 5.26 Å². The van der Waals surface area contributed by atoms with Crippen LogP contribution in [0.4, 0.5) is 13.2 Å². The summed E-state index contributed by atoms with van der Waals surface area (Å²) in [5.74, 6) is -1.92. The Morgan fingerprint density at radius 2 is 2.00 bits per heavy atom. The maximum atomic E-state index is 13.0. The molecule has 1 unspecified atom stereocenters. The Balaban J connectivity index is 1.13. The number of nitrogens with zero attached hydrogens (tertiary/aromatic N) is 9. The summed E-state index contributed by atoms with van der Waals surface area (Å²) in [5.41, 5.74) is 1.05. The van der Waals surface area contributed by atoms with Gasteiger partial charge in [-0.15, -0.1) is 0 Å². The number of fused-ring (bicyclic) bond motifs is 1. The molecule has 14 heteroatoms. The molecule has 1 N–H and O–H groups in total. The molecule has 5 heterocycles. The highest BCUT2D eigenvalue weighted by atomic mass is 19.4. The van der Waals surface area contributed by atoms with Gasteiger partial charge in [0.25, 0.3) is 5.91 Å². The quantitative estimate of drug-likeness (QED) is 0.411. The van der Waals surface area contributed by atoms with Crippen LogP contribution in [0.2, 0.25) is 0 Å². The van der Waals surface area contributed by atoms with Crippen molar-refractivity contribution in [2.24, 2.45) is 0 Å². The number of hydrogen-bond acceptors (Lipinski definition) is 8. The van der Waals surface area contributed by atoms with Crippen molar-refractivity contribution in [2.45, 2.75) is 37.0 Å². The highest BCUT2D eigenvalue weighted by Gasteiger charge is 2.49. The molecule has 2 aliphatic rings. The number of carbonyl (C=O) groups excluding carboxylic acids is 1. The number of halogens is 3. The van der Waals surface area contributed by atoms with Crippen LogP contribution in [0, 0.1) is 11.3 Å². The maximum absolute atomic E-state index is 13.0. The molecule has 39 heavy (non-hydrogen) atoms. The molecule has 1 amide bonds. The summed E-state index contributed by atoms with van der Waals surface area (Å²) >= 11 is 0. The molecular weight excluding hydrogens is 513 g/mol. The van der Waals surface area contributed by atoms with Gasteiger partial charge in [-0.3, -0.25) is 14.4 Å². The first-order chi connectivity index (χ1) is 19.2. The molecule has 1 saturated heterocycles. The van der Waals surface area contributed by atoms with Crippen LogP contribution in [0.15, 0.2) is 43.2 Å². The minimum absolute atomic E-state index is 0.0671. The lowest BCUT2D eigenvalue weighted by Crippen LogP contribution is -2.60. The summed E-state index contributed by atoms with van der Waals surface area (Å²) < 4.78 is 49.1. The normalized spacial score (nSPS) is 23.2. The largest absolute Gasteiger partial charge is 0.451 e. The second-order valence-electron chi connectivity index (χ2n) is 9.67. The monoisotopic (exact) mass is 537 g/mol. The number of amides is 1. The van der Waals surface area contributed by atoms with E-state index in [0.717, 1.165) is 17.1 Å². The first-order valence-corrected chi connectivity index (χ1v) is 12.3. The highest BCUT2D eigenvalue weighted by molar-refractivity contribution is 5.92. The van der Waals surface area contributed by atoms with Gasteiger partial charge in [0.2, 0.25) is 5.82 Å². The van der Waals surface area contributed by atoms with E-state index < -0.39 is 29.8 Å². The lowest BCUT2D eigenvalue weighted by atomic mass is 9.70. The van der Waals surface area contributed by atoms with E-state index >= 15 is 0 Å². The number of alkyl halides is 3. The third-order valence-electron chi connectivity index (χ3n) is 7.42. The van der Waals surface area contributed by atoms with Crippen molar-refractivity contribution in [3.8, 4) is 17.3 Å². The minimum Gasteiger partial charge on any atom is -0.346 e. The third-order valence-corrected chi connectivity index (χ3v) is 7.42. The van der Waals surface area contributed by atoms with Crippen molar-refractivity contribution in [3.63, 3.8) is 0 Å². The summed E-state index contributed by atoms with van der Waals surface area (Å²) in [6, 6.07) is 5.20. The van der Waals surface area contributed by atoms with Crippen molar-refractivity contribution < 1.29 is 19.3 Å². The second kappa shape index (κ2) is 9.42. The molecule has 6 rings (SSSR count). The van der Waals surface area contributed by atoms with Gasteiger partial charge in [-0.25, -0.2) is 19.9 Å². The molecule has 1 aliphatic heterocycles. The van der Waals surface area contributed by atoms with Gasteiger partial charge in [0.05, 0.1) is 29.9 Å². The Bertz CT molecular complexity index is 1600. The summed E-state index contributed by atoms with van der Waals surface area (Å²) in [6.45, 7) is 1.66. The van der Waals surface area contributed by atoms with E-state index in [4.69, 9.17) is 1.37 Å². The number of piperazine rings is 1. The number of aromatic nitrogens is 7. The van der Waals surface area contributed by atoms with Crippen LogP contribution in [0.5, 0.6) is 0 Å². The average molecular weight is 538 g/mol. The fraction of sp³-hybridized carbons (Fsp3) is 0.400. The smallest absolute Gasteiger partial charge is 0.346 e. The van der Waals surface area contributed by atoms with Crippen LogP contribution in [0.3, 0.4) is 0 Å². The Morgan fingerprint density at radius 1 is 1.21 bits per heavy atom. The predicted molar refractivity (Wildman–Crippen MR) is 131 cm³/mol. The average Bonchev–Trinajstić information content (AvgIpc) is 3.62. The molecule has 0 aromatic carbocycles. The highest BCUT2D eigenvalue weighted by Crippen LogP contribution is 2.45. The van der Waals surface area contributed by atoms with Gasteiger partial charge >= 0.3 is 6.18 Å². The maximum Gasteiger partial charge on any atom is 0.451 e. The van der Waals surface area contributed by atoms with Crippen LogP contribution < -0.4 is 0 Å². The van der Waals surface area contributed by atoms with E-state index in [1.165, 1.54) is 17.3 Å². The Morgan fingerprint density at radius 3 is 2.74 bits per heavy atom. The molecule has 4 aromatic heterocycles. The van der Waals surface area contributed by atoms with Crippen molar-refractivity contribution in [2.75, 3.05) is 26.2 Å². The van der Waals surface area contributed by atoms with E-state index in [2.05, 4.69) is 41.0 Å². The summed E-state index contributed by atoms with van der Waals surface area (Å²) in [7, 11) is 0. The lowest BCUT2D eigenvalue weighted by molar-refractivity contribution is -0.145. The number of rotatable bonds is 5. The molecule has 200 valence electrons. The molecular formula is C25H23F3N10O. The first kappa shape index (κ1) is 23.7. The SMILES string of the molecule is [2H]C(C#N)C1(n2cc(-c3ncnc4[nH]ccc34)cn2)CC(N2CCN(C(=O)c3ccnc(C(F)(F)F)n3)CC2)C1. The lowest BCUT2D eigenvalue weighted by Gasteiger charge is -2.52. The van der Waals surface area contributed by atoms with Crippen LogP contribution in [0.25, 0.3) is 22.3 Å². The van der Waals surface area contributed by atoms with E-state index in [-0.39, 0.29) is 11.7 Å². The molecule has 0 radical (unpaired) electrons. The zero-order chi connectivity index (χ0) is 28.1. The topological polar surface area (TPSA) is 133 Å². The molecule has 0 bridgehead atoms. The Hall–Kier alpha value is -4.38. The second-order valence-corrected chi connectivity index (χ2v) is 9.67. The van der Waals surface area contributed by atoms with Crippen LogP contribution in [-0.4, -0.2) is 82.6 Å². The van der Waals surface area contributed by atoms with E-state index in [1.807, 2.05) is 12.3 Å². The van der Waals surface area contributed by atoms with Gasteiger partial charge in [-0.05, 0) is 25.0 Å². The van der Waals surface area contributed by atoms with E-state index in [9.17, 15) is 23.2 Å². The van der Waals surface area contributed by atoms with Crippen LogP contribution in [-0.2, 0) is 11.7 Å². The Labute approximate surface area is 221 Å². The Kier molecular flexibility index (Phi) is 5.73. The number of carbonyl (C=O) groups is 1. The number of hydrogen-bond donors (Lipinski definition) is 1. The molecule has 1 aliphatic carbocycles.